The molecule has 0 atom stereocenters. The van der Waals surface area contributed by atoms with Crippen molar-refractivity contribution in [3.05, 3.63) is 35.5 Å². The first-order chi connectivity index (χ1) is 10.4. The third kappa shape index (κ3) is 3.25. The van der Waals surface area contributed by atoms with Gasteiger partial charge in [0.25, 0.3) is 10.0 Å². The average molecular weight is 341 g/mol. The molecule has 0 bridgehead atoms. The minimum atomic E-state index is -3.84. The van der Waals surface area contributed by atoms with Crippen molar-refractivity contribution in [3.63, 3.8) is 0 Å². The highest BCUT2D eigenvalue weighted by molar-refractivity contribution is 7.99. The molecule has 0 aliphatic rings. The Labute approximate surface area is 132 Å². The molecule has 0 fully saturated rings. The Kier molecular flexibility index (Phi) is 4.77. The van der Waals surface area contributed by atoms with Crippen LogP contribution in [0.25, 0.3) is 0 Å². The van der Waals surface area contributed by atoms with E-state index < -0.39 is 16.0 Å². The van der Waals surface area contributed by atoms with Crippen molar-refractivity contribution >= 4 is 33.6 Å². The summed E-state index contributed by atoms with van der Waals surface area (Å²) in [6, 6.07) is 4.28. The monoisotopic (exact) mass is 341 g/mol. The Morgan fingerprint density at radius 1 is 1.41 bits per heavy atom. The third-order valence-corrected chi connectivity index (χ3v) is 5.08. The molecule has 0 aliphatic heterocycles. The molecule has 7 nitrogen and oxygen atoms in total. The maximum Gasteiger partial charge on any atom is 0.338 e. The number of carbonyl (C=O) groups excluding carboxylic acids is 1. The standard InChI is InChI=1S/C13H15N3O4S2/c1-8-4-5-9(6-10(8)13(17)20-2)22(18,19)16-12-11(21-3)7-14-15-12/h4-7H,1-3H3,(H2,14,15,16). The van der Waals surface area contributed by atoms with Gasteiger partial charge in [-0.05, 0) is 30.9 Å². The smallest absolute Gasteiger partial charge is 0.338 e. The van der Waals surface area contributed by atoms with Gasteiger partial charge in [-0.3, -0.25) is 9.82 Å². The summed E-state index contributed by atoms with van der Waals surface area (Å²) in [4.78, 5) is 12.3. The molecule has 9 heteroatoms. The summed E-state index contributed by atoms with van der Waals surface area (Å²) in [5, 5.41) is 6.39. The Morgan fingerprint density at radius 3 is 2.77 bits per heavy atom. The first-order valence-corrected chi connectivity index (χ1v) is 8.89. The van der Waals surface area contributed by atoms with E-state index in [-0.39, 0.29) is 16.3 Å². The molecule has 22 heavy (non-hydrogen) atoms. The lowest BCUT2D eigenvalue weighted by Crippen LogP contribution is -2.15. The van der Waals surface area contributed by atoms with Crippen molar-refractivity contribution in [2.45, 2.75) is 16.7 Å². The Balaban J connectivity index is 2.40. The number of nitrogens with one attached hydrogen (secondary N) is 2. The predicted molar refractivity (Wildman–Crippen MR) is 83.7 cm³/mol. The first-order valence-electron chi connectivity index (χ1n) is 6.18. The van der Waals surface area contributed by atoms with Crippen LogP contribution in [0.2, 0.25) is 0 Å². The summed E-state index contributed by atoms with van der Waals surface area (Å²) in [7, 11) is -2.59. The van der Waals surface area contributed by atoms with E-state index in [4.69, 9.17) is 0 Å². The number of aromatic amines is 1. The van der Waals surface area contributed by atoms with Crippen molar-refractivity contribution in [3.8, 4) is 0 Å². The van der Waals surface area contributed by atoms with Crippen LogP contribution in [0, 0.1) is 6.92 Å². The SMILES string of the molecule is COC(=O)c1cc(S(=O)(=O)Nc2[nH]ncc2SC)ccc1C. The van der Waals surface area contributed by atoms with E-state index in [0.717, 1.165) is 0 Å². The van der Waals surface area contributed by atoms with Crippen LogP contribution < -0.4 is 4.72 Å². The van der Waals surface area contributed by atoms with Crippen molar-refractivity contribution in [1.29, 1.82) is 0 Å². The summed E-state index contributed by atoms with van der Waals surface area (Å²) in [6.07, 6.45) is 3.33. The number of carbonyl (C=O) groups is 1. The molecular weight excluding hydrogens is 326 g/mol. The predicted octanol–water partition coefficient (Wildman–Crippen LogP) is 2.03. The average Bonchev–Trinajstić information content (AvgIpc) is 2.93. The van der Waals surface area contributed by atoms with Gasteiger partial charge in [0.05, 0.1) is 28.7 Å². The largest absolute Gasteiger partial charge is 0.465 e. The van der Waals surface area contributed by atoms with Gasteiger partial charge in [0.1, 0.15) is 5.82 Å². The molecule has 1 aromatic carbocycles. The van der Waals surface area contributed by atoms with E-state index in [2.05, 4.69) is 19.7 Å². The van der Waals surface area contributed by atoms with E-state index in [1.807, 2.05) is 6.26 Å². The van der Waals surface area contributed by atoms with Crippen LogP contribution in [-0.2, 0) is 14.8 Å². The Hall–Kier alpha value is -2.00. The van der Waals surface area contributed by atoms with Crippen LogP contribution in [-0.4, -0.2) is 38.0 Å². The van der Waals surface area contributed by atoms with Crippen LogP contribution in [0.4, 0.5) is 5.82 Å². The summed E-state index contributed by atoms with van der Waals surface area (Å²) in [5.41, 5.74) is 0.845. The lowest BCUT2D eigenvalue weighted by molar-refractivity contribution is 0.0599. The number of esters is 1. The quantitative estimate of drug-likeness (QED) is 0.637. The second kappa shape index (κ2) is 6.41. The maximum absolute atomic E-state index is 12.4. The molecule has 0 saturated heterocycles. The number of aryl methyl sites for hydroxylation is 1. The summed E-state index contributed by atoms with van der Waals surface area (Å²) >= 11 is 1.36. The van der Waals surface area contributed by atoms with Crippen LogP contribution >= 0.6 is 11.8 Å². The highest BCUT2D eigenvalue weighted by Crippen LogP contribution is 2.25. The molecule has 0 saturated carbocycles. The molecule has 0 aliphatic carbocycles. The van der Waals surface area contributed by atoms with Crippen LogP contribution in [0.15, 0.2) is 34.2 Å². The molecule has 0 radical (unpaired) electrons. The fourth-order valence-electron chi connectivity index (χ4n) is 1.79. The number of sulfonamides is 1. The zero-order valence-corrected chi connectivity index (χ0v) is 13.8. The lowest BCUT2D eigenvalue weighted by Gasteiger charge is -2.10. The highest BCUT2D eigenvalue weighted by atomic mass is 32.2. The van der Waals surface area contributed by atoms with Gasteiger partial charge in [-0.1, -0.05) is 6.07 Å². The Morgan fingerprint density at radius 2 is 2.14 bits per heavy atom. The van der Waals surface area contributed by atoms with Crippen LogP contribution in [0.5, 0.6) is 0 Å². The van der Waals surface area contributed by atoms with E-state index in [1.54, 1.807) is 13.0 Å². The topological polar surface area (TPSA) is 101 Å². The molecule has 0 unspecified atom stereocenters. The number of anilines is 1. The number of rotatable bonds is 5. The molecular formula is C13H15N3O4S2. The number of ether oxygens (including phenoxy) is 1. The third-order valence-electron chi connectivity index (χ3n) is 2.99. The van der Waals surface area contributed by atoms with E-state index in [1.165, 1.54) is 37.2 Å². The van der Waals surface area contributed by atoms with Gasteiger partial charge >= 0.3 is 5.97 Å². The highest BCUT2D eigenvalue weighted by Gasteiger charge is 2.20. The lowest BCUT2D eigenvalue weighted by atomic mass is 10.1. The fourth-order valence-corrected chi connectivity index (χ4v) is 3.38. The molecule has 2 aromatic rings. The summed E-state index contributed by atoms with van der Waals surface area (Å²) < 4.78 is 31.9. The normalized spacial score (nSPS) is 11.2. The molecule has 2 rings (SSSR count). The molecule has 1 heterocycles. The molecule has 118 valence electrons. The number of hydrogen-bond donors (Lipinski definition) is 2. The number of benzene rings is 1. The van der Waals surface area contributed by atoms with Crippen LogP contribution in [0.3, 0.4) is 0 Å². The fraction of sp³-hybridized carbons (Fsp3) is 0.231. The first kappa shape index (κ1) is 16.4. The van der Waals surface area contributed by atoms with Crippen molar-refractivity contribution < 1.29 is 17.9 Å². The zero-order valence-electron chi connectivity index (χ0n) is 12.2. The second-order valence-corrected chi connectivity index (χ2v) is 6.92. The second-order valence-electron chi connectivity index (χ2n) is 4.39. The number of nitrogens with zero attached hydrogens (tertiary/aromatic N) is 1. The van der Waals surface area contributed by atoms with Gasteiger partial charge in [-0.25, -0.2) is 13.2 Å². The minimum absolute atomic E-state index is 0.0276. The minimum Gasteiger partial charge on any atom is -0.465 e. The van der Waals surface area contributed by atoms with E-state index in [9.17, 15) is 13.2 Å². The molecule has 1 aromatic heterocycles. The molecule has 0 amide bonds. The number of H-pyrrole nitrogens is 1. The van der Waals surface area contributed by atoms with Crippen molar-refractivity contribution in [2.24, 2.45) is 0 Å². The number of methoxy groups -OCH3 is 1. The number of thioether (sulfide) groups is 1. The van der Waals surface area contributed by atoms with Gasteiger partial charge in [0, 0.05) is 0 Å². The van der Waals surface area contributed by atoms with Gasteiger partial charge in [-0.2, -0.15) is 5.10 Å². The van der Waals surface area contributed by atoms with E-state index in [0.29, 0.717) is 10.5 Å². The molecule has 0 spiro atoms. The van der Waals surface area contributed by atoms with E-state index >= 15 is 0 Å². The van der Waals surface area contributed by atoms with Gasteiger partial charge in [0.2, 0.25) is 0 Å². The van der Waals surface area contributed by atoms with Gasteiger partial charge in [-0.15, -0.1) is 11.8 Å². The summed E-state index contributed by atoms with van der Waals surface area (Å²) in [5.74, 6) is -0.298. The van der Waals surface area contributed by atoms with Crippen molar-refractivity contribution in [2.75, 3.05) is 18.1 Å². The molecule has 2 N–H and O–H groups in total. The van der Waals surface area contributed by atoms with Gasteiger partial charge < -0.3 is 4.74 Å². The van der Waals surface area contributed by atoms with Crippen molar-refractivity contribution in [1.82, 2.24) is 10.2 Å². The van der Waals surface area contributed by atoms with Crippen LogP contribution in [0.1, 0.15) is 15.9 Å². The van der Waals surface area contributed by atoms with Gasteiger partial charge in [0.15, 0.2) is 0 Å². The number of hydrogen-bond acceptors (Lipinski definition) is 6. The zero-order chi connectivity index (χ0) is 16.3. The Bertz CT molecular complexity index is 799. The summed E-state index contributed by atoms with van der Waals surface area (Å²) in [6.45, 7) is 1.71. The number of aromatic nitrogens is 2. The maximum atomic E-state index is 12.4.